The van der Waals surface area contributed by atoms with E-state index in [1.165, 1.54) is 30.6 Å². The Balaban J connectivity index is 1.67. The van der Waals surface area contributed by atoms with Gasteiger partial charge in [-0.25, -0.2) is 0 Å². The van der Waals surface area contributed by atoms with Gasteiger partial charge in [0.15, 0.2) is 0 Å². The highest BCUT2D eigenvalue weighted by Gasteiger charge is 2.15. The summed E-state index contributed by atoms with van der Waals surface area (Å²) < 4.78 is 1.15. The molecule has 0 amide bonds. The Bertz CT molecular complexity index is 283. The van der Waals surface area contributed by atoms with Crippen molar-refractivity contribution in [3.05, 3.63) is 20.8 Å². The molecule has 0 spiro atoms. The lowest BCUT2D eigenvalue weighted by atomic mass is 10.3. The fraction of sp³-hybridized carbons (Fsp3) is 0.600. The number of halogens is 1. The van der Waals surface area contributed by atoms with Crippen molar-refractivity contribution in [2.24, 2.45) is 0 Å². The van der Waals surface area contributed by atoms with Crippen LogP contribution in [0.4, 0.5) is 0 Å². The second kappa shape index (κ2) is 5.26. The maximum Gasteiger partial charge on any atom is 0.0790 e. The van der Waals surface area contributed by atoms with E-state index in [0.29, 0.717) is 6.10 Å². The van der Waals surface area contributed by atoms with Crippen molar-refractivity contribution < 1.29 is 4.84 Å². The van der Waals surface area contributed by atoms with Crippen LogP contribution in [-0.4, -0.2) is 6.10 Å². The summed E-state index contributed by atoms with van der Waals surface area (Å²) in [6.07, 6.45) is 5.49. The summed E-state index contributed by atoms with van der Waals surface area (Å²) >= 11 is 5.17. The third-order valence-electron chi connectivity index (χ3n) is 2.42. The van der Waals surface area contributed by atoms with Crippen molar-refractivity contribution >= 4 is 27.3 Å². The molecule has 1 aliphatic carbocycles. The lowest BCUT2D eigenvalue weighted by molar-refractivity contribution is -0.0239. The van der Waals surface area contributed by atoms with Gasteiger partial charge in [-0.15, -0.1) is 11.3 Å². The lowest BCUT2D eigenvalue weighted by Gasteiger charge is -2.10. The van der Waals surface area contributed by atoms with Crippen molar-refractivity contribution in [1.29, 1.82) is 0 Å². The molecule has 2 rings (SSSR count). The molecule has 1 heterocycles. The highest BCUT2D eigenvalue weighted by atomic mass is 79.9. The monoisotopic (exact) mass is 275 g/mol. The number of thiophene rings is 1. The average Bonchev–Trinajstić information content (AvgIpc) is 2.77. The molecule has 14 heavy (non-hydrogen) atoms. The molecule has 0 saturated heterocycles. The van der Waals surface area contributed by atoms with Gasteiger partial charge < -0.3 is 0 Å². The van der Waals surface area contributed by atoms with Gasteiger partial charge in [0, 0.05) is 14.7 Å². The molecule has 4 heteroatoms. The molecule has 1 aromatic heterocycles. The molecule has 0 aromatic carbocycles. The van der Waals surface area contributed by atoms with Gasteiger partial charge in [0.1, 0.15) is 0 Å². The first-order valence-electron chi connectivity index (χ1n) is 4.96. The zero-order valence-electron chi connectivity index (χ0n) is 7.96. The van der Waals surface area contributed by atoms with E-state index >= 15 is 0 Å². The maximum atomic E-state index is 5.56. The van der Waals surface area contributed by atoms with Crippen LogP contribution in [0.25, 0.3) is 0 Å². The van der Waals surface area contributed by atoms with E-state index in [4.69, 9.17) is 4.84 Å². The van der Waals surface area contributed by atoms with Gasteiger partial charge in [-0.2, -0.15) is 5.48 Å². The van der Waals surface area contributed by atoms with Gasteiger partial charge >= 0.3 is 0 Å². The van der Waals surface area contributed by atoms with Crippen LogP contribution >= 0.6 is 27.3 Å². The van der Waals surface area contributed by atoms with Crippen molar-refractivity contribution in [2.75, 3.05) is 0 Å². The summed E-state index contributed by atoms with van der Waals surface area (Å²) in [7, 11) is 0. The number of hydrogen-bond acceptors (Lipinski definition) is 3. The average molecular weight is 276 g/mol. The summed E-state index contributed by atoms with van der Waals surface area (Å²) in [5.74, 6) is 0. The molecular formula is C10H14BrNOS. The Morgan fingerprint density at radius 2 is 2.29 bits per heavy atom. The molecule has 1 aliphatic rings. The van der Waals surface area contributed by atoms with Crippen LogP contribution in [0.2, 0.25) is 0 Å². The fourth-order valence-electron chi connectivity index (χ4n) is 1.68. The van der Waals surface area contributed by atoms with Gasteiger partial charge in [-0.3, -0.25) is 4.84 Å². The molecule has 1 aromatic rings. The molecule has 2 nitrogen and oxygen atoms in total. The molecule has 1 N–H and O–H groups in total. The van der Waals surface area contributed by atoms with E-state index in [1.807, 2.05) is 0 Å². The van der Waals surface area contributed by atoms with Crippen molar-refractivity contribution in [3.63, 3.8) is 0 Å². The predicted molar refractivity (Wildman–Crippen MR) is 62.2 cm³/mol. The maximum absolute atomic E-state index is 5.56. The fourth-order valence-corrected chi connectivity index (χ4v) is 3.06. The molecule has 0 aliphatic heterocycles. The van der Waals surface area contributed by atoms with E-state index in [1.54, 1.807) is 11.3 Å². The van der Waals surface area contributed by atoms with E-state index in [9.17, 15) is 0 Å². The summed E-state index contributed by atoms with van der Waals surface area (Å²) in [6.45, 7) is 0.812. The molecule has 0 radical (unpaired) electrons. The predicted octanol–water partition coefficient (Wildman–Crippen LogP) is 3.47. The van der Waals surface area contributed by atoms with Crippen LogP contribution in [0, 0.1) is 0 Å². The van der Waals surface area contributed by atoms with Crippen molar-refractivity contribution in [1.82, 2.24) is 5.48 Å². The summed E-state index contributed by atoms with van der Waals surface area (Å²) in [5.41, 5.74) is 3.05. The van der Waals surface area contributed by atoms with E-state index in [2.05, 4.69) is 32.9 Å². The minimum absolute atomic E-state index is 0.443. The second-order valence-corrected chi connectivity index (χ2v) is 5.49. The van der Waals surface area contributed by atoms with Gasteiger partial charge in [0.2, 0.25) is 0 Å². The standard InChI is InChI=1S/C10H14BrNOS/c11-8-5-10(14-7-8)6-12-13-9-3-1-2-4-9/h5,7,9,12H,1-4,6H2. The third kappa shape index (κ3) is 3.05. The molecule has 0 atom stereocenters. The van der Waals surface area contributed by atoms with Crippen LogP contribution in [-0.2, 0) is 11.4 Å². The molecule has 0 unspecified atom stereocenters. The topological polar surface area (TPSA) is 21.3 Å². The Labute approximate surface area is 96.7 Å². The summed E-state index contributed by atoms with van der Waals surface area (Å²) in [4.78, 5) is 6.86. The third-order valence-corrected chi connectivity index (χ3v) is 4.12. The smallest absolute Gasteiger partial charge is 0.0790 e. The van der Waals surface area contributed by atoms with Gasteiger partial charge in [0.05, 0.1) is 12.6 Å². The normalized spacial score (nSPS) is 17.8. The highest BCUT2D eigenvalue weighted by molar-refractivity contribution is 9.10. The van der Waals surface area contributed by atoms with Crippen LogP contribution < -0.4 is 5.48 Å². The molecule has 78 valence electrons. The van der Waals surface area contributed by atoms with E-state index in [0.717, 1.165) is 11.0 Å². The zero-order chi connectivity index (χ0) is 9.80. The van der Waals surface area contributed by atoms with E-state index < -0.39 is 0 Å². The Morgan fingerprint density at radius 3 is 2.93 bits per heavy atom. The van der Waals surface area contributed by atoms with Crippen LogP contribution in [0.15, 0.2) is 15.9 Å². The molecule has 1 fully saturated rings. The Kier molecular flexibility index (Phi) is 3.99. The lowest BCUT2D eigenvalue weighted by Crippen LogP contribution is -2.20. The quantitative estimate of drug-likeness (QED) is 0.850. The van der Waals surface area contributed by atoms with Gasteiger partial charge in [0.25, 0.3) is 0 Å². The first-order valence-corrected chi connectivity index (χ1v) is 6.63. The summed E-state index contributed by atoms with van der Waals surface area (Å²) in [6, 6.07) is 2.12. The van der Waals surface area contributed by atoms with Crippen LogP contribution in [0.5, 0.6) is 0 Å². The molecular weight excluding hydrogens is 262 g/mol. The Morgan fingerprint density at radius 1 is 1.50 bits per heavy atom. The molecule has 1 saturated carbocycles. The Hall–Kier alpha value is 0.1000. The first-order chi connectivity index (χ1) is 6.84. The van der Waals surface area contributed by atoms with Crippen LogP contribution in [0.3, 0.4) is 0 Å². The largest absolute Gasteiger partial charge is 0.298 e. The number of hydrogen-bond donors (Lipinski definition) is 1. The van der Waals surface area contributed by atoms with Crippen molar-refractivity contribution in [2.45, 2.75) is 38.3 Å². The number of hydroxylamine groups is 1. The minimum Gasteiger partial charge on any atom is -0.298 e. The van der Waals surface area contributed by atoms with E-state index in [-0.39, 0.29) is 0 Å². The second-order valence-electron chi connectivity index (χ2n) is 3.58. The zero-order valence-corrected chi connectivity index (χ0v) is 10.4. The van der Waals surface area contributed by atoms with Gasteiger partial charge in [-0.1, -0.05) is 12.8 Å². The first kappa shape index (κ1) is 10.6. The van der Waals surface area contributed by atoms with Crippen LogP contribution in [0.1, 0.15) is 30.6 Å². The van der Waals surface area contributed by atoms with Gasteiger partial charge in [-0.05, 0) is 34.8 Å². The highest BCUT2D eigenvalue weighted by Crippen LogP contribution is 2.21. The SMILES string of the molecule is Brc1csc(CNOC2CCCC2)c1. The number of nitrogens with one attached hydrogen (secondary N) is 1. The number of rotatable bonds is 4. The van der Waals surface area contributed by atoms with Crippen molar-refractivity contribution in [3.8, 4) is 0 Å². The molecule has 0 bridgehead atoms. The minimum atomic E-state index is 0.443. The summed E-state index contributed by atoms with van der Waals surface area (Å²) in [5, 5.41) is 2.09.